The highest BCUT2D eigenvalue weighted by molar-refractivity contribution is 8.00. The fourth-order valence-electron chi connectivity index (χ4n) is 2.12. The minimum absolute atomic E-state index is 0.0664. The van der Waals surface area contributed by atoms with Crippen molar-refractivity contribution >= 4 is 34.9 Å². The molecule has 0 aliphatic carbocycles. The van der Waals surface area contributed by atoms with E-state index in [2.05, 4.69) is 10.9 Å². The van der Waals surface area contributed by atoms with Gasteiger partial charge < -0.3 is 4.90 Å². The van der Waals surface area contributed by atoms with Crippen molar-refractivity contribution in [3.63, 3.8) is 0 Å². The van der Waals surface area contributed by atoms with Crippen LogP contribution in [0.3, 0.4) is 0 Å². The van der Waals surface area contributed by atoms with Crippen LogP contribution in [0.1, 0.15) is 15.2 Å². The maximum absolute atomic E-state index is 12.0. The van der Waals surface area contributed by atoms with Gasteiger partial charge in [0.05, 0.1) is 10.6 Å². The smallest absolute Gasteiger partial charge is 0.275 e. The second-order valence-electron chi connectivity index (χ2n) is 4.75. The van der Waals surface area contributed by atoms with Crippen LogP contribution in [0.25, 0.3) is 0 Å². The normalized spacial score (nSPS) is 17.7. The summed E-state index contributed by atoms with van der Waals surface area (Å²) in [5, 5.41) is 1.85. The average molecular weight is 333 g/mol. The number of thiophene rings is 1. The van der Waals surface area contributed by atoms with E-state index in [9.17, 15) is 9.59 Å². The molecular formula is C15H15N3O2S2. The van der Waals surface area contributed by atoms with Gasteiger partial charge in [0, 0.05) is 6.54 Å². The molecule has 1 unspecified atom stereocenters. The van der Waals surface area contributed by atoms with Crippen LogP contribution in [0.4, 0.5) is 0 Å². The molecule has 0 bridgehead atoms. The molecule has 2 N–H and O–H groups in total. The predicted octanol–water partition coefficient (Wildman–Crippen LogP) is 2.04. The van der Waals surface area contributed by atoms with Gasteiger partial charge in [-0.25, -0.2) is 5.43 Å². The maximum atomic E-state index is 12.0. The molecular weight excluding hydrogens is 318 g/mol. The van der Waals surface area contributed by atoms with Gasteiger partial charge in [-0.2, -0.15) is 0 Å². The lowest BCUT2D eigenvalue weighted by atomic mass is 10.2. The molecule has 3 rings (SSSR count). The number of hydrogen-bond acceptors (Lipinski definition) is 5. The zero-order valence-electron chi connectivity index (χ0n) is 11.7. The molecule has 0 spiro atoms. The van der Waals surface area contributed by atoms with Crippen LogP contribution < -0.4 is 10.9 Å². The van der Waals surface area contributed by atoms with Gasteiger partial charge in [0.25, 0.3) is 5.91 Å². The first-order valence-corrected chi connectivity index (χ1v) is 8.71. The molecule has 0 radical (unpaired) electrons. The molecule has 1 fully saturated rings. The second kappa shape index (κ2) is 6.95. The molecule has 7 heteroatoms. The molecule has 114 valence electrons. The number of carbonyl (C=O) groups excluding carboxylic acids is 2. The first kappa shape index (κ1) is 15.1. The van der Waals surface area contributed by atoms with Crippen LogP contribution in [0.2, 0.25) is 0 Å². The number of rotatable bonds is 5. The van der Waals surface area contributed by atoms with E-state index in [1.54, 1.807) is 11.0 Å². The van der Waals surface area contributed by atoms with Gasteiger partial charge >= 0.3 is 0 Å². The van der Waals surface area contributed by atoms with Crippen LogP contribution in [-0.2, 0) is 11.3 Å². The quantitative estimate of drug-likeness (QED) is 0.822. The molecule has 22 heavy (non-hydrogen) atoms. The van der Waals surface area contributed by atoms with Crippen molar-refractivity contribution in [2.75, 3.05) is 5.75 Å². The van der Waals surface area contributed by atoms with E-state index in [4.69, 9.17) is 0 Å². The van der Waals surface area contributed by atoms with Gasteiger partial charge in [-0.3, -0.25) is 15.0 Å². The SMILES string of the molecule is O=C(NNC1SCC(=O)N1Cc1ccccc1)c1cccs1. The monoisotopic (exact) mass is 333 g/mol. The Morgan fingerprint density at radius 2 is 2.05 bits per heavy atom. The Kier molecular flexibility index (Phi) is 4.77. The van der Waals surface area contributed by atoms with E-state index in [0.717, 1.165) is 5.56 Å². The third kappa shape index (κ3) is 3.49. The zero-order valence-corrected chi connectivity index (χ0v) is 13.3. The largest absolute Gasteiger partial charge is 0.311 e. The summed E-state index contributed by atoms with van der Waals surface area (Å²) in [7, 11) is 0. The summed E-state index contributed by atoms with van der Waals surface area (Å²) >= 11 is 2.85. The highest BCUT2D eigenvalue weighted by Gasteiger charge is 2.31. The number of amides is 2. The molecule has 2 heterocycles. The van der Waals surface area contributed by atoms with E-state index in [-0.39, 0.29) is 17.3 Å². The first-order chi connectivity index (χ1) is 10.7. The van der Waals surface area contributed by atoms with E-state index in [0.29, 0.717) is 17.2 Å². The Balaban J connectivity index is 1.60. The molecule has 1 atom stereocenters. The summed E-state index contributed by atoms with van der Waals surface area (Å²) in [5.74, 6) is 0.297. The van der Waals surface area contributed by atoms with Crippen molar-refractivity contribution in [1.29, 1.82) is 0 Å². The van der Waals surface area contributed by atoms with Crippen LogP contribution in [0.5, 0.6) is 0 Å². The number of nitrogens with one attached hydrogen (secondary N) is 2. The molecule has 0 saturated carbocycles. The standard InChI is InChI=1S/C15H15N3O2S2/c19-13-10-22-15(17-16-14(20)12-7-4-8-21-12)18(13)9-11-5-2-1-3-6-11/h1-8,15,17H,9-10H2,(H,16,20). The molecule has 1 aliphatic heterocycles. The van der Waals surface area contributed by atoms with Gasteiger partial charge in [0.15, 0.2) is 0 Å². The fourth-order valence-corrected chi connectivity index (χ4v) is 3.72. The highest BCUT2D eigenvalue weighted by atomic mass is 32.2. The van der Waals surface area contributed by atoms with Crippen molar-refractivity contribution in [3.8, 4) is 0 Å². The number of thioether (sulfide) groups is 1. The Morgan fingerprint density at radius 3 is 2.77 bits per heavy atom. The lowest BCUT2D eigenvalue weighted by molar-refractivity contribution is -0.129. The third-order valence-electron chi connectivity index (χ3n) is 3.22. The van der Waals surface area contributed by atoms with Crippen molar-refractivity contribution in [2.24, 2.45) is 0 Å². The number of hydrazine groups is 1. The summed E-state index contributed by atoms with van der Waals surface area (Å²) in [6, 6.07) is 13.4. The number of benzene rings is 1. The fraction of sp³-hybridized carbons (Fsp3) is 0.200. The topological polar surface area (TPSA) is 61.4 Å². The summed E-state index contributed by atoms with van der Waals surface area (Å²) in [5.41, 5.74) is 6.43. The molecule has 2 amide bonds. The lowest BCUT2D eigenvalue weighted by Gasteiger charge is -2.24. The van der Waals surface area contributed by atoms with E-state index < -0.39 is 0 Å². The summed E-state index contributed by atoms with van der Waals surface area (Å²) in [6.07, 6.45) is 0. The molecule has 1 aromatic heterocycles. The maximum Gasteiger partial charge on any atom is 0.275 e. The van der Waals surface area contributed by atoms with Gasteiger partial charge in [-0.1, -0.05) is 36.4 Å². The lowest BCUT2D eigenvalue weighted by Crippen LogP contribution is -2.49. The van der Waals surface area contributed by atoms with Gasteiger partial charge in [0.2, 0.25) is 5.91 Å². The van der Waals surface area contributed by atoms with E-state index in [1.165, 1.54) is 23.1 Å². The first-order valence-electron chi connectivity index (χ1n) is 6.78. The Hall–Kier alpha value is -1.83. The predicted molar refractivity (Wildman–Crippen MR) is 88.2 cm³/mol. The van der Waals surface area contributed by atoms with Gasteiger partial charge in [-0.15, -0.1) is 23.1 Å². The Bertz CT molecular complexity index is 646. The molecule has 2 aromatic rings. The minimum atomic E-state index is -0.253. The molecule has 1 saturated heterocycles. The van der Waals surface area contributed by atoms with Crippen molar-refractivity contribution in [3.05, 3.63) is 58.3 Å². The summed E-state index contributed by atoms with van der Waals surface area (Å²) in [6.45, 7) is 0.527. The summed E-state index contributed by atoms with van der Waals surface area (Å²) < 4.78 is 0. The highest BCUT2D eigenvalue weighted by Crippen LogP contribution is 2.24. The number of nitrogens with zero attached hydrogens (tertiary/aromatic N) is 1. The Morgan fingerprint density at radius 1 is 1.23 bits per heavy atom. The van der Waals surface area contributed by atoms with E-state index >= 15 is 0 Å². The molecule has 1 aliphatic rings. The second-order valence-corrected chi connectivity index (χ2v) is 6.76. The van der Waals surface area contributed by atoms with Crippen molar-refractivity contribution < 1.29 is 9.59 Å². The number of hydrogen-bond donors (Lipinski definition) is 2. The molecule has 5 nitrogen and oxygen atoms in total. The van der Waals surface area contributed by atoms with Crippen LogP contribution in [0.15, 0.2) is 47.8 Å². The van der Waals surface area contributed by atoms with Crippen LogP contribution >= 0.6 is 23.1 Å². The number of carbonyl (C=O) groups is 2. The van der Waals surface area contributed by atoms with Crippen molar-refractivity contribution in [2.45, 2.75) is 12.0 Å². The third-order valence-corrected chi connectivity index (χ3v) is 5.19. The van der Waals surface area contributed by atoms with E-state index in [1.807, 2.05) is 41.8 Å². The Labute approximate surface area is 136 Å². The minimum Gasteiger partial charge on any atom is -0.311 e. The van der Waals surface area contributed by atoms with Crippen molar-refractivity contribution in [1.82, 2.24) is 15.8 Å². The zero-order chi connectivity index (χ0) is 15.4. The van der Waals surface area contributed by atoms with Crippen LogP contribution in [-0.4, -0.2) is 28.0 Å². The van der Waals surface area contributed by atoms with Gasteiger partial charge in [0.1, 0.15) is 5.50 Å². The summed E-state index contributed by atoms with van der Waals surface area (Å²) in [4.78, 5) is 26.3. The molecule has 1 aromatic carbocycles. The van der Waals surface area contributed by atoms with Gasteiger partial charge in [-0.05, 0) is 17.0 Å². The average Bonchev–Trinajstić information content (AvgIpc) is 3.18. The van der Waals surface area contributed by atoms with Crippen LogP contribution in [0, 0.1) is 0 Å².